The van der Waals surface area contributed by atoms with E-state index in [0.717, 1.165) is 16.9 Å². The first-order valence-electron chi connectivity index (χ1n) is 10.3. The van der Waals surface area contributed by atoms with Gasteiger partial charge in [-0.05, 0) is 53.5 Å². The van der Waals surface area contributed by atoms with E-state index in [1.807, 2.05) is 17.5 Å². The second-order valence-electron chi connectivity index (χ2n) is 7.33. The third-order valence-electron chi connectivity index (χ3n) is 5.20. The van der Waals surface area contributed by atoms with Crippen LogP contribution in [0.15, 0.2) is 64.6 Å². The van der Waals surface area contributed by atoms with Crippen LogP contribution in [0.25, 0.3) is 0 Å². The molecule has 2 heterocycles. The molecule has 2 amide bonds. The molecule has 0 radical (unpaired) electrons. The van der Waals surface area contributed by atoms with Gasteiger partial charge in [0.05, 0.1) is 12.3 Å². The van der Waals surface area contributed by atoms with Crippen LogP contribution < -0.4 is 10.6 Å². The third-order valence-corrected chi connectivity index (χ3v) is 6.13. The number of furan rings is 1. The highest BCUT2D eigenvalue weighted by atomic mass is 32.1. The number of hydrogen-bond donors (Lipinski definition) is 2. The number of hydrogen-bond acceptors (Lipinski definition) is 4. The van der Waals surface area contributed by atoms with E-state index in [-0.39, 0.29) is 23.6 Å². The summed E-state index contributed by atoms with van der Waals surface area (Å²) in [5, 5.41) is 7.94. The first-order chi connectivity index (χ1) is 14.6. The summed E-state index contributed by atoms with van der Waals surface area (Å²) in [6.07, 6.45) is 3.46. The Morgan fingerprint density at radius 2 is 1.83 bits per heavy atom. The zero-order chi connectivity index (χ0) is 21.3. The molecule has 3 rings (SSSR count). The molecule has 30 heavy (non-hydrogen) atoms. The largest absolute Gasteiger partial charge is 0.459 e. The van der Waals surface area contributed by atoms with Gasteiger partial charge >= 0.3 is 0 Å². The molecular formula is C24H28N2O3S. The summed E-state index contributed by atoms with van der Waals surface area (Å²) >= 11 is 1.63. The lowest BCUT2D eigenvalue weighted by atomic mass is 9.95. The van der Waals surface area contributed by atoms with Gasteiger partial charge in [-0.15, -0.1) is 11.3 Å². The lowest BCUT2D eigenvalue weighted by Crippen LogP contribution is -2.30. The Bertz CT molecular complexity index is 918. The standard InChI is InChI=1S/C24H28N2O3S/c1-3-17(2)18-10-12-19(13-11-18)23(21-8-6-16-30-21)26-22(27)9-4-14-25-24(28)20-7-5-15-29-20/h5-8,10-13,15-17,23H,3-4,9,14H2,1-2H3,(H,25,28)(H,26,27). The number of amides is 2. The van der Waals surface area contributed by atoms with E-state index in [1.54, 1.807) is 23.5 Å². The Labute approximate surface area is 181 Å². The van der Waals surface area contributed by atoms with Crippen molar-refractivity contribution in [1.29, 1.82) is 0 Å². The van der Waals surface area contributed by atoms with Crippen molar-refractivity contribution in [2.75, 3.05) is 6.54 Å². The Morgan fingerprint density at radius 3 is 2.47 bits per heavy atom. The van der Waals surface area contributed by atoms with E-state index in [4.69, 9.17) is 4.42 Å². The Kier molecular flexibility index (Phi) is 7.85. The lowest BCUT2D eigenvalue weighted by Gasteiger charge is -2.19. The van der Waals surface area contributed by atoms with Crippen LogP contribution in [0.1, 0.15) is 71.6 Å². The Balaban J connectivity index is 1.56. The fourth-order valence-electron chi connectivity index (χ4n) is 3.21. The molecule has 3 aromatic rings. The minimum Gasteiger partial charge on any atom is -0.459 e. The van der Waals surface area contributed by atoms with Gasteiger partial charge in [0.2, 0.25) is 5.91 Å². The molecule has 158 valence electrons. The highest BCUT2D eigenvalue weighted by Gasteiger charge is 2.18. The summed E-state index contributed by atoms with van der Waals surface area (Å²) in [4.78, 5) is 25.5. The van der Waals surface area contributed by atoms with Crippen molar-refractivity contribution in [2.24, 2.45) is 0 Å². The maximum Gasteiger partial charge on any atom is 0.286 e. The van der Waals surface area contributed by atoms with E-state index in [2.05, 4.69) is 48.7 Å². The summed E-state index contributed by atoms with van der Waals surface area (Å²) < 4.78 is 5.06. The fraction of sp³-hybridized carbons (Fsp3) is 0.333. The highest BCUT2D eigenvalue weighted by molar-refractivity contribution is 7.10. The van der Waals surface area contributed by atoms with Crippen molar-refractivity contribution in [3.8, 4) is 0 Å². The van der Waals surface area contributed by atoms with Crippen molar-refractivity contribution >= 4 is 23.2 Å². The Hall–Kier alpha value is -2.86. The third kappa shape index (κ3) is 5.83. The molecular weight excluding hydrogens is 396 g/mol. The molecule has 1 aromatic carbocycles. The van der Waals surface area contributed by atoms with Gasteiger partial charge in [-0.3, -0.25) is 9.59 Å². The average Bonchev–Trinajstić information content (AvgIpc) is 3.49. The summed E-state index contributed by atoms with van der Waals surface area (Å²) in [7, 11) is 0. The average molecular weight is 425 g/mol. The van der Waals surface area contributed by atoms with E-state index in [0.29, 0.717) is 25.3 Å². The molecule has 0 bridgehead atoms. The fourth-order valence-corrected chi connectivity index (χ4v) is 4.01. The molecule has 2 unspecified atom stereocenters. The number of nitrogens with one attached hydrogen (secondary N) is 2. The molecule has 2 aromatic heterocycles. The zero-order valence-electron chi connectivity index (χ0n) is 17.4. The number of carbonyl (C=O) groups is 2. The maximum atomic E-state index is 12.6. The molecule has 6 heteroatoms. The van der Waals surface area contributed by atoms with Crippen LogP contribution in [0.5, 0.6) is 0 Å². The zero-order valence-corrected chi connectivity index (χ0v) is 18.2. The maximum absolute atomic E-state index is 12.6. The summed E-state index contributed by atoms with van der Waals surface area (Å²) in [5.74, 6) is 0.494. The predicted octanol–water partition coefficient (Wildman–Crippen LogP) is 5.27. The van der Waals surface area contributed by atoms with Crippen LogP contribution in [0, 0.1) is 0 Å². The molecule has 5 nitrogen and oxygen atoms in total. The number of benzene rings is 1. The van der Waals surface area contributed by atoms with Crippen molar-refractivity contribution < 1.29 is 14.0 Å². The topological polar surface area (TPSA) is 71.3 Å². The summed E-state index contributed by atoms with van der Waals surface area (Å²) in [6, 6.07) is 15.7. The number of rotatable bonds is 10. The molecule has 2 N–H and O–H groups in total. The van der Waals surface area contributed by atoms with Gasteiger partial charge in [0.25, 0.3) is 5.91 Å². The quantitative estimate of drug-likeness (QED) is 0.436. The molecule has 0 aliphatic carbocycles. The molecule has 0 aliphatic heterocycles. The molecule has 0 spiro atoms. The number of thiophene rings is 1. The highest BCUT2D eigenvalue weighted by Crippen LogP contribution is 2.28. The van der Waals surface area contributed by atoms with E-state index in [1.165, 1.54) is 11.8 Å². The molecule has 0 fully saturated rings. The normalized spacial score (nSPS) is 12.9. The van der Waals surface area contributed by atoms with Crippen molar-refractivity contribution in [3.05, 3.63) is 81.9 Å². The SMILES string of the molecule is CCC(C)c1ccc(C(NC(=O)CCCNC(=O)c2ccco2)c2cccs2)cc1. The van der Waals surface area contributed by atoms with E-state index in [9.17, 15) is 9.59 Å². The van der Waals surface area contributed by atoms with Gasteiger partial charge in [-0.1, -0.05) is 44.2 Å². The molecule has 0 saturated heterocycles. The van der Waals surface area contributed by atoms with Crippen LogP contribution >= 0.6 is 11.3 Å². The van der Waals surface area contributed by atoms with Crippen molar-refractivity contribution in [1.82, 2.24) is 10.6 Å². The van der Waals surface area contributed by atoms with Crippen LogP contribution in [0.2, 0.25) is 0 Å². The van der Waals surface area contributed by atoms with Gasteiger partial charge in [0.15, 0.2) is 5.76 Å². The minimum atomic E-state index is -0.265. The van der Waals surface area contributed by atoms with Crippen LogP contribution in [0.3, 0.4) is 0 Å². The Morgan fingerprint density at radius 1 is 1.07 bits per heavy atom. The van der Waals surface area contributed by atoms with Crippen LogP contribution in [-0.2, 0) is 4.79 Å². The van der Waals surface area contributed by atoms with E-state index >= 15 is 0 Å². The van der Waals surface area contributed by atoms with Crippen molar-refractivity contribution in [2.45, 2.75) is 45.1 Å². The van der Waals surface area contributed by atoms with Crippen LogP contribution in [-0.4, -0.2) is 18.4 Å². The smallest absolute Gasteiger partial charge is 0.286 e. The van der Waals surface area contributed by atoms with Crippen LogP contribution in [0.4, 0.5) is 0 Å². The predicted molar refractivity (Wildman–Crippen MR) is 120 cm³/mol. The van der Waals surface area contributed by atoms with Gasteiger partial charge in [-0.25, -0.2) is 0 Å². The number of carbonyl (C=O) groups excluding carboxylic acids is 2. The second-order valence-corrected chi connectivity index (χ2v) is 8.31. The molecule has 0 aliphatic rings. The first kappa shape index (κ1) is 21.8. The molecule has 0 saturated carbocycles. The second kappa shape index (κ2) is 10.8. The lowest BCUT2D eigenvalue weighted by molar-refractivity contribution is -0.121. The van der Waals surface area contributed by atoms with Gasteiger partial charge in [0.1, 0.15) is 0 Å². The van der Waals surface area contributed by atoms with E-state index < -0.39 is 0 Å². The van der Waals surface area contributed by atoms with Gasteiger partial charge in [-0.2, -0.15) is 0 Å². The van der Waals surface area contributed by atoms with Gasteiger partial charge in [0, 0.05) is 17.8 Å². The monoisotopic (exact) mass is 424 g/mol. The molecule has 2 atom stereocenters. The van der Waals surface area contributed by atoms with Gasteiger partial charge < -0.3 is 15.1 Å². The first-order valence-corrected chi connectivity index (χ1v) is 11.2. The summed E-state index contributed by atoms with van der Waals surface area (Å²) in [5.41, 5.74) is 2.38. The summed E-state index contributed by atoms with van der Waals surface area (Å²) in [6.45, 7) is 4.82. The van der Waals surface area contributed by atoms with Crippen molar-refractivity contribution in [3.63, 3.8) is 0 Å². The minimum absolute atomic E-state index is 0.0355.